The number of thiazole rings is 1. The van der Waals surface area contributed by atoms with Gasteiger partial charge in [-0.1, -0.05) is 5.16 Å². The number of hydrogen-bond donors (Lipinski definition) is 1. The largest absolute Gasteiger partial charge is 0.398 e. The number of hydrogen-bond acceptors (Lipinski definition) is 6. The summed E-state index contributed by atoms with van der Waals surface area (Å²) in [5.74, 6) is 0. The lowest BCUT2D eigenvalue weighted by molar-refractivity contribution is -0.106. The topological polar surface area (TPSA) is 77.6 Å². The Morgan fingerprint density at radius 3 is 2.92 bits per heavy atom. The van der Waals surface area contributed by atoms with Crippen LogP contribution in [0.4, 0.5) is 5.13 Å². The standard InChI is InChI=1S/C6H6ClN3O2S/c1-12-10-4(5(7)11)3-2-13-6(8)9-3/h2H,1H3,(H2,8,9)/b10-4+. The van der Waals surface area contributed by atoms with Gasteiger partial charge in [0.1, 0.15) is 12.8 Å². The summed E-state index contributed by atoms with van der Waals surface area (Å²) in [6.45, 7) is 0. The van der Waals surface area contributed by atoms with E-state index in [1.165, 1.54) is 18.4 Å². The second kappa shape index (κ2) is 4.20. The first kappa shape index (κ1) is 9.94. The molecule has 2 N–H and O–H groups in total. The van der Waals surface area contributed by atoms with Crippen molar-refractivity contribution < 1.29 is 9.63 Å². The van der Waals surface area contributed by atoms with Crippen molar-refractivity contribution >= 4 is 39.0 Å². The molecule has 0 fully saturated rings. The van der Waals surface area contributed by atoms with Gasteiger partial charge >= 0.3 is 0 Å². The molecule has 0 aliphatic rings. The molecule has 1 aromatic rings. The molecule has 1 heterocycles. The third kappa shape index (κ3) is 2.40. The molecule has 13 heavy (non-hydrogen) atoms. The van der Waals surface area contributed by atoms with Crippen molar-refractivity contribution in [2.75, 3.05) is 12.8 Å². The molecular formula is C6H6ClN3O2S. The summed E-state index contributed by atoms with van der Waals surface area (Å²) in [7, 11) is 1.32. The van der Waals surface area contributed by atoms with Crippen LogP contribution >= 0.6 is 22.9 Å². The average molecular weight is 220 g/mol. The molecule has 1 aromatic heterocycles. The molecule has 0 saturated heterocycles. The summed E-state index contributed by atoms with van der Waals surface area (Å²) in [6, 6.07) is 0. The van der Waals surface area contributed by atoms with Gasteiger partial charge in [0.15, 0.2) is 10.8 Å². The van der Waals surface area contributed by atoms with E-state index in [4.69, 9.17) is 17.3 Å². The van der Waals surface area contributed by atoms with E-state index in [-0.39, 0.29) is 5.71 Å². The lowest BCUT2D eigenvalue weighted by atomic mass is 10.3. The number of aromatic nitrogens is 1. The molecule has 0 aliphatic carbocycles. The van der Waals surface area contributed by atoms with Gasteiger partial charge in [-0.2, -0.15) is 0 Å². The predicted molar refractivity (Wildman–Crippen MR) is 50.9 cm³/mol. The van der Waals surface area contributed by atoms with E-state index in [0.29, 0.717) is 10.8 Å². The first-order valence-electron chi connectivity index (χ1n) is 3.17. The number of halogens is 1. The van der Waals surface area contributed by atoms with Crippen molar-refractivity contribution in [2.24, 2.45) is 5.16 Å². The number of nitrogens with zero attached hydrogens (tertiary/aromatic N) is 2. The minimum atomic E-state index is -0.729. The van der Waals surface area contributed by atoms with Crippen molar-refractivity contribution in [2.45, 2.75) is 0 Å². The molecule has 0 aromatic carbocycles. The van der Waals surface area contributed by atoms with Crippen LogP contribution in [-0.2, 0) is 9.63 Å². The summed E-state index contributed by atoms with van der Waals surface area (Å²) in [4.78, 5) is 19.1. The number of anilines is 1. The van der Waals surface area contributed by atoms with E-state index in [1.54, 1.807) is 5.38 Å². The molecule has 0 aliphatic heterocycles. The van der Waals surface area contributed by atoms with E-state index >= 15 is 0 Å². The second-order valence-electron chi connectivity index (χ2n) is 1.97. The summed E-state index contributed by atoms with van der Waals surface area (Å²) in [6.07, 6.45) is 0. The maximum Gasteiger partial charge on any atom is 0.276 e. The fourth-order valence-electron chi connectivity index (χ4n) is 0.671. The van der Waals surface area contributed by atoms with Gasteiger partial charge in [0.25, 0.3) is 5.24 Å². The van der Waals surface area contributed by atoms with E-state index in [1.807, 2.05) is 0 Å². The molecule has 0 unspecified atom stereocenters. The Labute approximate surface area is 83.2 Å². The van der Waals surface area contributed by atoms with Gasteiger partial charge in [-0.3, -0.25) is 4.79 Å². The second-order valence-corrected chi connectivity index (χ2v) is 3.20. The van der Waals surface area contributed by atoms with Crippen LogP contribution in [0.25, 0.3) is 0 Å². The van der Waals surface area contributed by atoms with Gasteiger partial charge in [-0.15, -0.1) is 11.3 Å². The molecule has 0 saturated carbocycles. The van der Waals surface area contributed by atoms with Crippen molar-refractivity contribution in [3.63, 3.8) is 0 Å². The minimum absolute atomic E-state index is 0.0443. The van der Waals surface area contributed by atoms with Crippen LogP contribution in [0.2, 0.25) is 0 Å². The van der Waals surface area contributed by atoms with Gasteiger partial charge in [-0.25, -0.2) is 4.98 Å². The fourth-order valence-corrected chi connectivity index (χ4v) is 1.35. The van der Waals surface area contributed by atoms with Crippen LogP contribution in [0, 0.1) is 0 Å². The monoisotopic (exact) mass is 219 g/mol. The SMILES string of the molecule is CO/N=C(/C(=O)Cl)c1csc(N)n1. The van der Waals surface area contributed by atoms with Crippen molar-refractivity contribution in [3.8, 4) is 0 Å². The molecule has 0 radical (unpaired) electrons. The number of carbonyl (C=O) groups is 1. The zero-order valence-electron chi connectivity index (χ0n) is 6.65. The maximum absolute atomic E-state index is 10.8. The highest BCUT2D eigenvalue weighted by atomic mass is 35.5. The number of carbonyl (C=O) groups excluding carboxylic acids is 1. The van der Waals surface area contributed by atoms with E-state index in [2.05, 4.69) is 15.0 Å². The Balaban J connectivity index is 3.02. The molecule has 0 spiro atoms. The molecule has 0 atom stereocenters. The van der Waals surface area contributed by atoms with Gasteiger partial charge < -0.3 is 10.6 Å². The fraction of sp³-hybridized carbons (Fsp3) is 0.167. The number of oxime groups is 1. The Bertz CT molecular complexity index is 349. The molecule has 7 heteroatoms. The molecule has 0 bridgehead atoms. The molecule has 70 valence electrons. The van der Waals surface area contributed by atoms with Gasteiger partial charge in [0.05, 0.1) is 0 Å². The Kier molecular flexibility index (Phi) is 3.21. The zero-order valence-corrected chi connectivity index (χ0v) is 8.22. The molecular weight excluding hydrogens is 214 g/mol. The predicted octanol–water partition coefficient (Wildman–Crippen LogP) is 0.841. The van der Waals surface area contributed by atoms with Crippen LogP contribution in [0.15, 0.2) is 10.5 Å². The normalized spacial score (nSPS) is 11.4. The third-order valence-corrected chi connectivity index (χ3v) is 1.99. The van der Waals surface area contributed by atoms with E-state index in [0.717, 1.165) is 0 Å². The highest BCUT2D eigenvalue weighted by molar-refractivity contribution is 7.13. The van der Waals surface area contributed by atoms with E-state index in [9.17, 15) is 4.79 Å². The van der Waals surface area contributed by atoms with Crippen LogP contribution in [0.1, 0.15) is 5.69 Å². The number of rotatable bonds is 3. The van der Waals surface area contributed by atoms with Crippen molar-refractivity contribution in [3.05, 3.63) is 11.1 Å². The van der Waals surface area contributed by atoms with Gasteiger partial charge in [-0.05, 0) is 11.6 Å². The van der Waals surface area contributed by atoms with Gasteiger partial charge in [0, 0.05) is 5.38 Å². The highest BCUT2D eigenvalue weighted by Crippen LogP contribution is 2.13. The van der Waals surface area contributed by atoms with Crippen LogP contribution in [0.3, 0.4) is 0 Å². The molecule has 0 amide bonds. The summed E-state index contributed by atoms with van der Waals surface area (Å²) >= 11 is 6.44. The zero-order chi connectivity index (χ0) is 9.84. The smallest absolute Gasteiger partial charge is 0.276 e. The first-order valence-corrected chi connectivity index (χ1v) is 4.43. The maximum atomic E-state index is 10.8. The Morgan fingerprint density at radius 1 is 1.85 bits per heavy atom. The lowest BCUT2D eigenvalue weighted by Crippen LogP contribution is -2.10. The Hall–Kier alpha value is -1.14. The lowest BCUT2D eigenvalue weighted by Gasteiger charge is -1.94. The van der Waals surface area contributed by atoms with Crippen molar-refractivity contribution in [1.29, 1.82) is 0 Å². The number of nitrogens with two attached hydrogens (primary N) is 1. The van der Waals surface area contributed by atoms with Crippen molar-refractivity contribution in [1.82, 2.24) is 4.98 Å². The molecule has 5 nitrogen and oxygen atoms in total. The average Bonchev–Trinajstić information content (AvgIpc) is 2.46. The summed E-state index contributed by atoms with van der Waals surface area (Å²) < 4.78 is 0. The number of nitrogen functional groups attached to an aromatic ring is 1. The van der Waals surface area contributed by atoms with Crippen LogP contribution in [-0.4, -0.2) is 23.0 Å². The third-order valence-electron chi connectivity index (χ3n) is 1.13. The van der Waals surface area contributed by atoms with Crippen LogP contribution < -0.4 is 5.73 Å². The highest BCUT2D eigenvalue weighted by Gasteiger charge is 2.15. The Morgan fingerprint density at radius 2 is 2.54 bits per heavy atom. The summed E-state index contributed by atoms with van der Waals surface area (Å²) in [5, 5.41) is 4.62. The van der Waals surface area contributed by atoms with E-state index < -0.39 is 5.24 Å². The van der Waals surface area contributed by atoms with Gasteiger partial charge in [0.2, 0.25) is 0 Å². The quantitative estimate of drug-likeness (QED) is 0.464. The first-order chi connectivity index (χ1) is 6.15. The molecule has 1 rings (SSSR count). The van der Waals surface area contributed by atoms with Crippen LogP contribution in [0.5, 0.6) is 0 Å². The minimum Gasteiger partial charge on any atom is -0.398 e. The summed E-state index contributed by atoms with van der Waals surface area (Å²) in [5.41, 5.74) is 5.65.